The zero-order valence-electron chi connectivity index (χ0n) is 11.3. The third-order valence-electron chi connectivity index (χ3n) is 2.49. The number of ether oxygens (including phenoxy) is 1. The average molecular weight is 264 g/mol. The second-order valence-corrected chi connectivity index (χ2v) is 5.64. The number of amides is 1. The molecule has 1 N–H and O–H groups in total. The van der Waals surface area contributed by atoms with E-state index in [0.29, 0.717) is 19.5 Å². The van der Waals surface area contributed by atoms with Crippen molar-refractivity contribution in [3.63, 3.8) is 0 Å². The van der Waals surface area contributed by atoms with Gasteiger partial charge >= 0.3 is 6.09 Å². The summed E-state index contributed by atoms with van der Waals surface area (Å²) in [6.07, 6.45) is 0.807. The van der Waals surface area contributed by atoms with Crippen molar-refractivity contribution in [1.82, 2.24) is 10.2 Å². The summed E-state index contributed by atoms with van der Waals surface area (Å²) < 4.78 is 32.3. The van der Waals surface area contributed by atoms with Crippen molar-refractivity contribution in [1.29, 1.82) is 0 Å². The minimum Gasteiger partial charge on any atom is -0.444 e. The summed E-state index contributed by atoms with van der Waals surface area (Å²) in [6, 6.07) is 0. The Morgan fingerprint density at radius 1 is 1.33 bits per heavy atom. The summed E-state index contributed by atoms with van der Waals surface area (Å²) in [5, 5.41) is 2.70. The minimum atomic E-state index is -2.92. The predicted octanol–water partition coefficient (Wildman–Crippen LogP) is 2.24. The third kappa shape index (κ3) is 5.62. The molecule has 6 heteroatoms. The molecule has 1 saturated heterocycles. The molecule has 1 amide bonds. The topological polar surface area (TPSA) is 41.6 Å². The summed E-state index contributed by atoms with van der Waals surface area (Å²) in [4.78, 5) is 12.9. The molecule has 0 unspecified atom stereocenters. The maximum absolute atomic E-state index is 13.6. The van der Waals surface area contributed by atoms with Crippen LogP contribution in [0.15, 0.2) is 0 Å². The molecule has 106 valence electrons. The number of rotatable bonds is 0. The van der Waals surface area contributed by atoms with Crippen LogP contribution in [0, 0.1) is 0 Å². The van der Waals surface area contributed by atoms with Gasteiger partial charge in [-0.15, -0.1) is 0 Å². The quantitative estimate of drug-likeness (QED) is 0.729. The summed E-state index contributed by atoms with van der Waals surface area (Å²) in [6.45, 7) is 5.05. The highest BCUT2D eigenvalue weighted by molar-refractivity contribution is 5.68. The second-order valence-electron chi connectivity index (χ2n) is 5.64. The summed E-state index contributed by atoms with van der Waals surface area (Å²) in [7, 11) is 0. The van der Waals surface area contributed by atoms with E-state index < -0.39 is 30.7 Å². The van der Waals surface area contributed by atoms with E-state index in [1.165, 1.54) is 0 Å². The van der Waals surface area contributed by atoms with E-state index >= 15 is 0 Å². The normalized spacial score (nSPS) is 21.7. The molecule has 0 aromatic carbocycles. The van der Waals surface area contributed by atoms with Crippen LogP contribution in [0.4, 0.5) is 13.6 Å². The van der Waals surface area contributed by atoms with E-state index in [-0.39, 0.29) is 0 Å². The number of nitrogens with zero attached hydrogens (tertiary/aromatic N) is 1. The highest BCUT2D eigenvalue weighted by atomic mass is 19.3. The van der Waals surface area contributed by atoms with Crippen molar-refractivity contribution in [3.05, 3.63) is 0 Å². The van der Waals surface area contributed by atoms with Gasteiger partial charge in [0.1, 0.15) is 5.60 Å². The Morgan fingerprint density at radius 3 is 2.61 bits per heavy atom. The standard InChI is InChI=1S/C12H22F2N2O2/c1-11(2,3)18-10(17)16-7-5-4-6-15-8-12(13,14)9-16/h15H,4-9H2,1-3H3. The summed E-state index contributed by atoms with van der Waals surface area (Å²) in [5.74, 6) is -2.92. The van der Waals surface area contributed by atoms with E-state index in [1.807, 2.05) is 0 Å². The van der Waals surface area contributed by atoms with Crippen molar-refractivity contribution in [2.24, 2.45) is 0 Å². The molecule has 0 radical (unpaired) electrons. The fourth-order valence-corrected chi connectivity index (χ4v) is 1.72. The number of hydrogen-bond donors (Lipinski definition) is 1. The molecule has 0 aromatic rings. The molecule has 1 aliphatic heterocycles. The van der Waals surface area contributed by atoms with E-state index in [4.69, 9.17) is 4.74 Å². The molecule has 1 rings (SSSR count). The smallest absolute Gasteiger partial charge is 0.410 e. The molecule has 0 atom stereocenters. The maximum atomic E-state index is 13.6. The van der Waals surface area contributed by atoms with Gasteiger partial charge < -0.3 is 15.0 Å². The Morgan fingerprint density at radius 2 is 2.00 bits per heavy atom. The lowest BCUT2D eigenvalue weighted by Gasteiger charge is -2.29. The molecule has 0 aliphatic carbocycles. The maximum Gasteiger partial charge on any atom is 0.410 e. The molecular formula is C12H22F2N2O2. The lowest BCUT2D eigenvalue weighted by molar-refractivity contribution is -0.0387. The van der Waals surface area contributed by atoms with Crippen molar-refractivity contribution >= 4 is 6.09 Å². The van der Waals surface area contributed by atoms with Gasteiger partial charge in [0, 0.05) is 6.54 Å². The number of hydrogen-bond acceptors (Lipinski definition) is 3. The molecule has 1 aliphatic rings. The van der Waals surface area contributed by atoms with Gasteiger partial charge in [-0.1, -0.05) is 0 Å². The fourth-order valence-electron chi connectivity index (χ4n) is 1.72. The highest BCUT2D eigenvalue weighted by Crippen LogP contribution is 2.18. The van der Waals surface area contributed by atoms with Gasteiger partial charge in [0.15, 0.2) is 0 Å². The molecule has 0 bridgehead atoms. The highest BCUT2D eigenvalue weighted by Gasteiger charge is 2.35. The van der Waals surface area contributed by atoms with Crippen LogP contribution in [-0.4, -0.2) is 48.7 Å². The van der Waals surface area contributed by atoms with E-state index in [9.17, 15) is 13.6 Å². The van der Waals surface area contributed by atoms with Gasteiger partial charge in [-0.2, -0.15) is 0 Å². The van der Waals surface area contributed by atoms with E-state index in [0.717, 1.165) is 11.3 Å². The Balaban J connectivity index is 2.67. The minimum absolute atomic E-state index is 0.312. The first-order chi connectivity index (χ1) is 8.20. The molecule has 0 aromatic heterocycles. The number of nitrogens with one attached hydrogen (secondary N) is 1. The predicted molar refractivity (Wildman–Crippen MR) is 64.9 cm³/mol. The fraction of sp³-hybridized carbons (Fsp3) is 0.917. The van der Waals surface area contributed by atoms with E-state index in [2.05, 4.69) is 5.32 Å². The van der Waals surface area contributed by atoms with Crippen LogP contribution in [0.25, 0.3) is 0 Å². The van der Waals surface area contributed by atoms with Crippen LogP contribution in [0.1, 0.15) is 33.6 Å². The van der Waals surface area contributed by atoms with Gasteiger partial charge in [0.2, 0.25) is 0 Å². The van der Waals surface area contributed by atoms with Gasteiger partial charge in [-0.3, -0.25) is 0 Å². The summed E-state index contributed by atoms with van der Waals surface area (Å²) in [5.41, 5.74) is -0.664. The lowest BCUT2D eigenvalue weighted by Crippen LogP contribution is -2.46. The average Bonchev–Trinajstić information content (AvgIpc) is 2.25. The van der Waals surface area contributed by atoms with Crippen molar-refractivity contribution in [2.75, 3.05) is 26.2 Å². The molecule has 18 heavy (non-hydrogen) atoms. The Kier molecular flexibility index (Phi) is 4.90. The number of carbonyl (C=O) groups is 1. The van der Waals surface area contributed by atoms with Crippen LogP contribution in [0.2, 0.25) is 0 Å². The molecular weight excluding hydrogens is 242 g/mol. The Labute approximate surface area is 107 Å². The van der Waals surface area contributed by atoms with E-state index in [1.54, 1.807) is 20.8 Å². The van der Waals surface area contributed by atoms with Crippen LogP contribution in [-0.2, 0) is 4.74 Å². The molecule has 1 fully saturated rings. The summed E-state index contributed by atoms with van der Waals surface area (Å²) >= 11 is 0. The third-order valence-corrected chi connectivity index (χ3v) is 2.49. The van der Waals surface area contributed by atoms with Gasteiger partial charge in [-0.25, -0.2) is 13.6 Å². The number of alkyl halides is 2. The first kappa shape index (κ1) is 15.1. The van der Waals surface area contributed by atoms with Crippen LogP contribution < -0.4 is 5.32 Å². The molecule has 1 heterocycles. The van der Waals surface area contributed by atoms with Gasteiger partial charge in [-0.05, 0) is 40.2 Å². The largest absolute Gasteiger partial charge is 0.444 e. The van der Waals surface area contributed by atoms with Gasteiger partial charge in [0.25, 0.3) is 5.92 Å². The number of halogens is 2. The number of carbonyl (C=O) groups excluding carboxylic acids is 1. The Bertz CT molecular complexity index is 290. The molecule has 4 nitrogen and oxygen atoms in total. The molecule has 0 spiro atoms. The molecule has 0 saturated carbocycles. The van der Waals surface area contributed by atoms with Crippen molar-refractivity contribution < 1.29 is 18.3 Å². The second kappa shape index (κ2) is 5.82. The first-order valence-corrected chi connectivity index (χ1v) is 6.26. The van der Waals surface area contributed by atoms with Gasteiger partial charge in [0.05, 0.1) is 13.1 Å². The Hall–Kier alpha value is -0.910. The zero-order chi connectivity index (χ0) is 13.8. The lowest BCUT2D eigenvalue weighted by atomic mass is 10.2. The van der Waals surface area contributed by atoms with Crippen LogP contribution in [0.3, 0.4) is 0 Å². The SMILES string of the molecule is CC(C)(C)OC(=O)N1CCCCNCC(F)(F)C1. The van der Waals surface area contributed by atoms with Crippen LogP contribution in [0.5, 0.6) is 0 Å². The van der Waals surface area contributed by atoms with Crippen LogP contribution >= 0.6 is 0 Å². The van der Waals surface area contributed by atoms with Crippen molar-refractivity contribution in [3.8, 4) is 0 Å². The monoisotopic (exact) mass is 264 g/mol. The van der Waals surface area contributed by atoms with Crippen molar-refractivity contribution in [2.45, 2.75) is 45.1 Å². The first-order valence-electron chi connectivity index (χ1n) is 6.26. The zero-order valence-corrected chi connectivity index (χ0v) is 11.3.